The van der Waals surface area contributed by atoms with Gasteiger partial charge in [0.1, 0.15) is 0 Å². The summed E-state index contributed by atoms with van der Waals surface area (Å²) in [7, 11) is 0. The number of fused-ring (bicyclic) bond motifs is 1. The van der Waals surface area contributed by atoms with Crippen molar-refractivity contribution in [3.05, 3.63) is 30.5 Å². The lowest BCUT2D eigenvalue weighted by atomic mass is 10.1. The number of anilines is 2. The van der Waals surface area contributed by atoms with Gasteiger partial charge in [0.25, 0.3) is 0 Å². The summed E-state index contributed by atoms with van der Waals surface area (Å²) in [6.45, 7) is 6.18. The van der Waals surface area contributed by atoms with Crippen LogP contribution in [0.2, 0.25) is 0 Å². The highest BCUT2D eigenvalue weighted by Gasteiger charge is 2.10. The zero-order valence-corrected chi connectivity index (χ0v) is 9.77. The molecule has 1 aromatic carbocycles. The Bertz CT molecular complexity index is 490. The molecular weight excluding hydrogens is 198 g/mol. The van der Waals surface area contributed by atoms with E-state index in [0.29, 0.717) is 0 Å². The van der Waals surface area contributed by atoms with Gasteiger partial charge >= 0.3 is 0 Å². The molecule has 1 heterocycles. The summed E-state index contributed by atoms with van der Waals surface area (Å²) in [4.78, 5) is 6.60. The van der Waals surface area contributed by atoms with Crippen LogP contribution in [0.5, 0.6) is 0 Å². The molecule has 0 saturated heterocycles. The second-order valence-electron chi connectivity index (χ2n) is 3.75. The fourth-order valence-corrected chi connectivity index (χ4v) is 2.03. The maximum absolute atomic E-state index is 6.03. The molecule has 2 N–H and O–H groups in total. The van der Waals surface area contributed by atoms with E-state index in [9.17, 15) is 0 Å². The summed E-state index contributed by atoms with van der Waals surface area (Å²) < 4.78 is 0. The van der Waals surface area contributed by atoms with Crippen molar-refractivity contribution in [1.82, 2.24) is 4.98 Å². The average molecular weight is 215 g/mol. The summed E-state index contributed by atoms with van der Waals surface area (Å²) in [5, 5.41) is 1.13. The Morgan fingerprint density at radius 3 is 2.56 bits per heavy atom. The second-order valence-corrected chi connectivity index (χ2v) is 3.75. The number of para-hydroxylation sites is 1. The van der Waals surface area contributed by atoms with Crippen LogP contribution in [-0.2, 0) is 0 Å². The monoisotopic (exact) mass is 215 g/mol. The number of nitrogens with two attached hydrogens (primary N) is 1. The molecular formula is C13H17N3. The lowest BCUT2D eigenvalue weighted by Crippen LogP contribution is -2.23. The number of nitrogen functional groups attached to an aromatic ring is 1. The van der Waals surface area contributed by atoms with E-state index in [4.69, 9.17) is 5.73 Å². The smallest absolute Gasteiger partial charge is 0.0745 e. The normalized spacial score (nSPS) is 10.6. The Hall–Kier alpha value is -1.77. The van der Waals surface area contributed by atoms with Crippen LogP contribution in [0.3, 0.4) is 0 Å². The van der Waals surface area contributed by atoms with E-state index in [1.807, 2.05) is 18.2 Å². The number of nitrogens with zero attached hydrogens (tertiary/aromatic N) is 2. The minimum atomic E-state index is 0.752. The first kappa shape index (κ1) is 10.7. The first-order chi connectivity index (χ1) is 7.77. The molecule has 2 rings (SSSR count). The molecule has 0 atom stereocenters. The van der Waals surface area contributed by atoms with Crippen LogP contribution in [0, 0.1) is 0 Å². The minimum Gasteiger partial charge on any atom is -0.396 e. The van der Waals surface area contributed by atoms with Gasteiger partial charge in [0.05, 0.1) is 23.1 Å². The predicted molar refractivity (Wildman–Crippen MR) is 69.7 cm³/mol. The van der Waals surface area contributed by atoms with E-state index in [1.54, 1.807) is 6.20 Å². The fourth-order valence-electron chi connectivity index (χ4n) is 2.03. The van der Waals surface area contributed by atoms with Crippen LogP contribution in [0.1, 0.15) is 13.8 Å². The van der Waals surface area contributed by atoms with E-state index >= 15 is 0 Å². The Labute approximate surface area is 95.9 Å². The Morgan fingerprint density at radius 2 is 1.88 bits per heavy atom. The van der Waals surface area contributed by atoms with E-state index < -0.39 is 0 Å². The van der Waals surface area contributed by atoms with Gasteiger partial charge in [0.15, 0.2) is 0 Å². The number of hydrogen-bond donors (Lipinski definition) is 1. The van der Waals surface area contributed by atoms with E-state index in [2.05, 4.69) is 29.8 Å². The molecule has 0 aliphatic heterocycles. The Kier molecular flexibility index (Phi) is 2.95. The van der Waals surface area contributed by atoms with E-state index in [0.717, 1.165) is 35.4 Å². The third-order valence-electron chi connectivity index (χ3n) is 2.85. The molecule has 84 valence electrons. The van der Waals surface area contributed by atoms with Gasteiger partial charge in [-0.2, -0.15) is 0 Å². The van der Waals surface area contributed by atoms with Crippen molar-refractivity contribution >= 4 is 22.3 Å². The van der Waals surface area contributed by atoms with Crippen molar-refractivity contribution in [1.29, 1.82) is 0 Å². The molecule has 0 fully saturated rings. The van der Waals surface area contributed by atoms with Crippen LogP contribution in [0.25, 0.3) is 10.9 Å². The van der Waals surface area contributed by atoms with Gasteiger partial charge in [-0.15, -0.1) is 0 Å². The standard InChI is InChI=1S/C13H17N3/c1-3-16(4-2)13-10-7-5-6-8-12(10)15-9-11(13)14/h5-9H,3-4,14H2,1-2H3. The van der Waals surface area contributed by atoms with Crippen LogP contribution in [0.15, 0.2) is 30.5 Å². The molecule has 3 nitrogen and oxygen atoms in total. The van der Waals surface area contributed by atoms with Crippen LogP contribution in [0.4, 0.5) is 11.4 Å². The quantitative estimate of drug-likeness (QED) is 0.855. The lowest BCUT2D eigenvalue weighted by molar-refractivity contribution is 0.871. The number of aromatic nitrogens is 1. The largest absolute Gasteiger partial charge is 0.396 e. The minimum absolute atomic E-state index is 0.752. The summed E-state index contributed by atoms with van der Waals surface area (Å²) in [6.07, 6.45) is 1.75. The molecule has 0 aliphatic rings. The molecule has 0 spiro atoms. The molecule has 16 heavy (non-hydrogen) atoms. The van der Waals surface area contributed by atoms with Crippen molar-refractivity contribution in [2.45, 2.75) is 13.8 Å². The van der Waals surface area contributed by atoms with Gasteiger partial charge in [0.2, 0.25) is 0 Å². The highest BCUT2D eigenvalue weighted by atomic mass is 15.1. The number of benzene rings is 1. The molecule has 0 radical (unpaired) electrons. The molecule has 3 heteroatoms. The first-order valence-electron chi connectivity index (χ1n) is 5.66. The molecule has 0 unspecified atom stereocenters. The lowest BCUT2D eigenvalue weighted by Gasteiger charge is -2.24. The SMILES string of the molecule is CCN(CC)c1c(N)cnc2ccccc12. The summed E-state index contributed by atoms with van der Waals surface area (Å²) in [5.41, 5.74) is 8.89. The summed E-state index contributed by atoms with van der Waals surface area (Å²) in [5.74, 6) is 0. The average Bonchev–Trinajstić information content (AvgIpc) is 2.33. The van der Waals surface area contributed by atoms with Gasteiger partial charge in [0, 0.05) is 18.5 Å². The third kappa shape index (κ3) is 1.69. The zero-order valence-electron chi connectivity index (χ0n) is 9.77. The summed E-state index contributed by atoms with van der Waals surface area (Å²) >= 11 is 0. The van der Waals surface area contributed by atoms with Crippen molar-refractivity contribution in [2.24, 2.45) is 0 Å². The highest BCUT2D eigenvalue weighted by molar-refractivity contribution is 5.97. The van der Waals surface area contributed by atoms with E-state index in [1.165, 1.54) is 0 Å². The Balaban J connectivity index is 2.69. The predicted octanol–water partition coefficient (Wildman–Crippen LogP) is 2.66. The van der Waals surface area contributed by atoms with E-state index in [-0.39, 0.29) is 0 Å². The van der Waals surface area contributed by atoms with Gasteiger partial charge in [-0.05, 0) is 19.9 Å². The van der Waals surface area contributed by atoms with Crippen LogP contribution >= 0.6 is 0 Å². The number of rotatable bonds is 3. The molecule has 0 bridgehead atoms. The first-order valence-corrected chi connectivity index (χ1v) is 5.66. The topological polar surface area (TPSA) is 42.1 Å². The molecule has 1 aromatic heterocycles. The van der Waals surface area contributed by atoms with Crippen LogP contribution in [-0.4, -0.2) is 18.1 Å². The maximum atomic E-state index is 6.03. The van der Waals surface area contributed by atoms with Gasteiger partial charge in [-0.3, -0.25) is 4.98 Å². The van der Waals surface area contributed by atoms with Gasteiger partial charge in [-0.25, -0.2) is 0 Å². The molecule has 0 aliphatic carbocycles. The second kappa shape index (κ2) is 4.39. The molecule has 0 saturated carbocycles. The summed E-state index contributed by atoms with van der Waals surface area (Å²) in [6, 6.07) is 8.11. The van der Waals surface area contributed by atoms with Gasteiger partial charge < -0.3 is 10.6 Å². The van der Waals surface area contributed by atoms with Crippen molar-refractivity contribution < 1.29 is 0 Å². The third-order valence-corrected chi connectivity index (χ3v) is 2.85. The fraction of sp³-hybridized carbons (Fsp3) is 0.308. The maximum Gasteiger partial charge on any atom is 0.0745 e. The van der Waals surface area contributed by atoms with Gasteiger partial charge in [-0.1, -0.05) is 18.2 Å². The highest BCUT2D eigenvalue weighted by Crippen LogP contribution is 2.30. The Morgan fingerprint density at radius 1 is 1.19 bits per heavy atom. The number of hydrogen-bond acceptors (Lipinski definition) is 3. The zero-order chi connectivity index (χ0) is 11.5. The molecule has 0 amide bonds. The van der Waals surface area contributed by atoms with Crippen molar-refractivity contribution in [2.75, 3.05) is 23.7 Å². The molecule has 2 aromatic rings. The van der Waals surface area contributed by atoms with Crippen molar-refractivity contribution in [3.8, 4) is 0 Å². The van der Waals surface area contributed by atoms with Crippen LogP contribution < -0.4 is 10.6 Å². The number of pyridine rings is 1. The van der Waals surface area contributed by atoms with Crippen molar-refractivity contribution in [3.63, 3.8) is 0 Å².